The number of methoxy groups -OCH3 is 1. The Bertz CT molecular complexity index is 993. The molecule has 0 radical (unpaired) electrons. The summed E-state index contributed by atoms with van der Waals surface area (Å²) < 4.78 is 18.3. The molecule has 0 spiro atoms. The number of hydrogen-bond acceptors (Lipinski definition) is 6. The molecule has 28 heavy (non-hydrogen) atoms. The molecule has 1 heterocycles. The van der Waals surface area contributed by atoms with Crippen LogP contribution in [0.2, 0.25) is 0 Å². The van der Waals surface area contributed by atoms with Crippen molar-refractivity contribution < 1.29 is 18.7 Å². The maximum Gasteiger partial charge on any atom is 0.339 e. The third kappa shape index (κ3) is 4.47. The van der Waals surface area contributed by atoms with E-state index < -0.39 is 11.9 Å². The number of nitrogens with one attached hydrogen (secondary N) is 2. The third-order valence-electron chi connectivity index (χ3n) is 3.89. The Morgan fingerprint density at radius 1 is 1.04 bits per heavy atom. The zero-order chi connectivity index (χ0) is 19.9. The number of rotatable bonds is 6. The van der Waals surface area contributed by atoms with Crippen LogP contribution in [0.3, 0.4) is 0 Å². The van der Waals surface area contributed by atoms with Crippen molar-refractivity contribution in [2.24, 2.45) is 0 Å². The quantitative estimate of drug-likeness (QED) is 0.639. The molecular formula is C20H17FN4O3. The van der Waals surface area contributed by atoms with Crippen LogP contribution in [0.5, 0.6) is 0 Å². The van der Waals surface area contributed by atoms with Crippen molar-refractivity contribution >= 4 is 23.5 Å². The molecule has 2 aromatic carbocycles. The number of benzene rings is 2. The van der Waals surface area contributed by atoms with Gasteiger partial charge in [-0.3, -0.25) is 4.79 Å². The lowest BCUT2D eigenvalue weighted by molar-refractivity contribution is 0.0601. The first-order valence-corrected chi connectivity index (χ1v) is 8.36. The van der Waals surface area contributed by atoms with Crippen molar-refractivity contribution in [3.8, 4) is 0 Å². The maximum absolute atomic E-state index is 13.6. The van der Waals surface area contributed by atoms with Crippen LogP contribution in [0.15, 0.2) is 60.9 Å². The third-order valence-corrected chi connectivity index (χ3v) is 3.89. The second kappa shape index (κ2) is 8.72. The number of ether oxygens (including phenoxy) is 1. The van der Waals surface area contributed by atoms with Crippen molar-refractivity contribution in [2.75, 3.05) is 12.4 Å². The standard InChI is InChI=1S/C20H17FN4O3/c1-28-19(27)15-7-3-5-9-17(15)25-20-23-11-14(12-24-20)18(26)22-10-13-6-2-4-8-16(13)21/h2-9,11-12H,10H2,1H3,(H,22,26)(H,23,24,25). The number of anilines is 2. The van der Waals surface area contributed by atoms with Crippen molar-refractivity contribution in [3.63, 3.8) is 0 Å². The predicted octanol–water partition coefficient (Wildman–Crippen LogP) is 3.08. The summed E-state index contributed by atoms with van der Waals surface area (Å²) in [6.45, 7) is 0.0536. The van der Waals surface area contributed by atoms with Gasteiger partial charge in [0.15, 0.2) is 0 Å². The number of halogens is 1. The van der Waals surface area contributed by atoms with Crippen LogP contribution in [0.25, 0.3) is 0 Å². The highest BCUT2D eigenvalue weighted by Crippen LogP contribution is 2.19. The van der Waals surface area contributed by atoms with Gasteiger partial charge in [0.1, 0.15) is 5.82 Å². The topological polar surface area (TPSA) is 93.2 Å². The van der Waals surface area contributed by atoms with Gasteiger partial charge >= 0.3 is 5.97 Å². The fourth-order valence-electron chi connectivity index (χ4n) is 2.43. The largest absolute Gasteiger partial charge is 0.465 e. The summed E-state index contributed by atoms with van der Waals surface area (Å²) in [5, 5.41) is 5.53. The van der Waals surface area contributed by atoms with E-state index in [1.54, 1.807) is 42.5 Å². The molecule has 1 aromatic heterocycles. The highest BCUT2D eigenvalue weighted by molar-refractivity contribution is 5.96. The number of amides is 1. The van der Waals surface area contributed by atoms with Gasteiger partial charge in [-0.2, -0.15) is 0 Å². The molecule has 2 N–H and O–H groups in total. The molecule has 0 aliphatic rings. The summed E-state index contributed by atoms with van der Waals surface area (Å²) in [5.41, 5.74) is 1.42. The normalized spacial score (nSPS) is 10.2. The minimum Gasteiger partial charge on any atom is -0.465 e. The minimum atomic E-state index is -0.493. The van der Waals surface area contributed by atoms with Gasteiger partial charge in [-0.1, -0.05) is 30.3 Å². The van der Waals surface area contributed by atoms with Gasteiger partial charge in [0.05, 0.1) is 23.9 Å². The SMILES string of the molecule is COC(=O)c1ccccc1Nc1ncc(C(=O)NCc2ccccc2F)cn1. The van der Waals surface area contributed by atoms with E-state index in [2.05, 4.69) is 20.6 Å². The molecule has 0 fully saturated rings. The number of aromatic nitrogens is 2. The zero-order valence-electron chi connectivity index (χ0n) is 15.0. The summed E-state index contributed by atoms with van der Waals surface area (Å²) in [4.78, 5) is 32.2. The molecule has 0 saturated carbocycles. The number of hydrogen-bond donors (Lipinski definition) is 2. The summed E-state index contributed by atoms with van der Waals surface area (Å²) in [7, 11) is 1.30. The molecule has 8 heteroatoms. The maximum atomic E-state index is 13.6. The number of carbonyl (C=O) groups excluding carboxylic acids is 2. The highest BCUT2D eigenvalue weighted by Gasteiger charge is 2.13. The molecule has 0 saturated heterocycles. The van der Waals surface area contributed by atoms with Gasteiger partial charge < -0.3 is 15.4 Å². The average molecular weight is 380 g/mol. The molecule has 0 aliphatic heterocycles. The highest BCUT2D eigenvalue weighted by atomic mass is 19.1. The first-order chi connectivity index (χ1) is 13.6. The molecular weight excluding hydrogens is 363 g/mol. The van der Waals surface area contributed by atoms with E-state index in [0.717, 1.165) is 0 Å². The Kier molecular flexibility index (Phi) is 5.91. The fraction of sp³-hybridized carbons (Fsp3) is 0.100. The van der Waals surface area contributed by atoms with Crippen LogP contribution in [0, 0.1) is 5.82 Å². The summed E-state index contributed by atoms with van der Waals surface area (Å²) in [5.74, 6) is -1.10. The Labute approximate surface area is 160 Å². The number of nitrogens with zero attached hydrogens (tertiary/aromatic N) is 2. The summed E-state index contributed by atoms with van der Waals surface area (Å²) in [6, 6.07) is 13.0. The minimum absolute atomic E-state index is 0.0536. The second-order valence-corrected chi connectivity index (χ2v) is 5.73. The Hall–Kier alpha value is -3.81. The molecule has 3 aromatic rings. The fourth-order valence-corrected chi connectivity index (χ4v) is 2.43. The molecule has 7 nitrogen and oxygen atoms in total. The van der Waals surface area contributed by atoms with Crippen molar-refractivity contribution in [3.05, 3.63) is 83.4 Å². The molecule has 142 valence electrons. The lowest BCUT2D eigenvalue weighted by Crippen LogP contribution is -2.23. The van der Waals surface area contributed by atoms with E-state index in [4.69, 9.17) is 4.74 Å². The zero-order valence-corrected chi connectivity index (χ0v) is 15.0. The Morgan fingerprint density at radius 3 is 2.43 bits per heavy atom. The van der Waals surface area contributed by atoms with E-state index >= 15 is 0 Å². The Balaban J connectivity index is 1.66. The first kappa shape index (κ1) is 19.0. The van der Waals surface area contributed by atoms with Crippen molar-refractivity contribution in [1.29, 1.82) is 0 Å². The van der Waals surface area contributed by atoms with Crippen LogP contribution >= 0.6 is 0 Å². The number of carbonyl (C=O) groups is 2. The van der Waals surface area contributed by atoms with Crippen LogP contribution in [0.1, 0.15) is 26.3 Å². The predicted molar refractivity (Wildman–Crippen MR) is 101 cm³/mol. The number of para-hydroxylation sites is 1. The van der Waals surface area contributed by atoms with Crippen molar-refractivity contribution in [1.82, 2.24) is 15.3 Å². The average Bonchev–Trinajstić information content (AvgIpc) is 2.73. The van der Waals surface area contributed by atoms with Crippen LogP contribution in [-0.4, -0.2) is 29.0 Å². The lowest BCUT2D eigenvalue weighted by Gasteiger charge is -2.10. The molecule has 0 bridgehead atoms. The lowest BCUT2D eigenvalue weighted by atomic mass is 10.2. The van der Waals surface area contributed by atoms with E-state index in [1.807, 2.05) is 0 Å². The molecule has 0 unspecified atom stereocenters. The summed E-state index contributed by atoms with van der Waals surface area (Å²) >= 11 is 0. The van der Waals surface area contributed by atoms with Gasteiger partial charge in [-0.05, 0) is 18.2 Å². The van der Waals surface area contributed by atoms with Gasteiger partial charge in [0, 0.05) is 24.5 Å². The van der Waals surface area contributed by atoms with Crippen molar-refractivity contribution in [2.45, 2.75) is 6.54 Å². The van der Waals surface area contributed by atoms with E-state index in [-0.39, 0.29) is 23.9 Å². The van der Waals surface area contributed by atoms with E-state index in [1.165, 1.54) is 25.6 Å². The second-order valence-electron chi connectivity index (χ2n) is 5.73. The smallest absolute Gasteiger partial charge is 0.339 e. The molecule has 0 aliphatic carbocycles. The summed E-state index contributed by atoms with van der Waals surface area (Å²) in [6.07, 6.45) is 2.68. The van der Waals surface area contributed by atoms with E-state index in [9.17, 15) is 14.0 Å². The van der Waals surface area contributed by atoms with Crippen LogP contribution in [0.4, 0.5) is 16.0 Å². The van der Waals surface area contributed by atoms with Gasteiger partial charge in [-0.15, -0.1) is 0 Å². The molecule has 1 amide bonds. The monoisotopic (exact) mass is 380 g/mol. The van der Waals surface area contributed by atoms with Gasteiger partial charge in [-0.25, -0.2) is 19.2 Å². The Morgan fingerprint density at radius 2 is 1.71 bits per heavy atom. The van der Waals surface area contributed by atoms with Gasteiger partial charge in [0.25, 0.3) is 5.91 Å². The van der Waals surface area contributed by atoms with Crippen LogP contribution < -0.4 is 10.6 Å². The molecule has 0 atom stereocenters. The number of esters is 1. The first-order valence-electron chi connectivity index (χ1n) is 8.36. The molecule has 3 rings (SSSR count). The van der Waals surface area contributed by atoms with Gasteiger partial charge in [0.2, 0.25) is 5.95 Å². The van der Waals surface area contributed by atoms with E-state index in [0.29, 0.717) is 16.8 Å². The van der Waals surface area contributed by atoms with Crippen LogP contribution in [-0.2, 0) is 11.3 Å².